The lowest BCUT2D eigenvalue weighted by Gasteiger charge is -2.34. The van der Waals surface area contributed by atoms with Crippen LogP contribution in [-0.2, 0) is 11.3 Å². The topological polar surface area (TPSA) is 62.4 Å². The molecule has 0 saturated heterocycles. The third-order valence-corrected chi connectivity index (χ3v) is 4.90. The van der Waals surface area contributed by atoms with Gasteiger partial charge in [0.1, 0.15) is 5.82 Å². The molecule has 4 rings (SSSR count). The van der Waals surface area contributed by atoms with E-state index in [0.29, 0.717) is 11.3 Å². The minimum atomic E-state index is -1.13. The number of H-pyrrole nitrogens is 1. The lowest BCUT2D eigenvalue weighted by molar-refractivity contribution is 0.0335. The number of nitrogens with one attached hydrogen (secondary N) is 1. The van der Waals surface area contributed by atoms with Crippen LogP contribution >= 0.6 is 0 Å². The summed E-state index contributed by atoms with van der Waals surface area (Å²) in [5, 5.41) is 0.195. The van der Waals surface area contributed by atoms with Gasteiger partial charge in [0.05, 0.1) is 24.6 Å². The van der Waals surface area contributed by atoms with Gasteiger partial charge in [-0.15, -0.1) is 0 Å². The molecule has 8 heteroatoms. The average Bonchev–Trinajstić information content (AvgIpc) is 2.68. The van der Waals surface area contributed by atoms with Crippen LogP contribution in [0.25, 0.3) is 10.8 Å². The number of hydrogen-bond acceptors (Lipinski definition) is 3. The molecule has 0 aliphatic carbocycles. The molecule has 0 bridgehead atoms. The van der Waals surface area contributed by atoms with E-state index in [1.165, 1.54) is 30.1 Å². The summed E-state index contributed by atoms with van der Waals surface area (Å²) in [4.78, 5) is 29.1. The predicted molar refractivity (Wildman–Crippen MR) is 95.4 cm³/mol. The summed E-state index contributed by atoms with van der Waals surface area (Å²) in [6.07, 6.45) is 0. The van der Waals surface area contributed by atoms with Crippen LogP contribution in [-0.4, -0.2) is 29.4 Å². The van der Waals surface area contributed by atoms with Crippen molar-refractivity contribution >= 4 is 16.7 Å². The molecule has 1 aliphatic rings. The number of halogens is 3. The fraction of sp³-hybridized carbons (Fsp3) is 0.200. The van der Waals surface area contributed by atoms with E-state index in [1.54, 1.807) is 0 Å². The zero-order valence-corrected chi connectivity index (χ0v) is 14.8. The van der Waals surface area contributed by atoms with Gasteiger partial charge in [-0.3, -0.25) is 9.59 Å². The number of fused-ring (bicyclic) bond motifs is 3. The molecule has 1 N–H and O–H groups in total. The number of likely N-dealkylation sites (N-methyl/N-ethyl adjacent to an activating group) is 1. The minimum Gasteiger partial charge on any atom is -0.373 e. The Hall–Kier alpha value is -3.13. The third kappa shape index (κ3) is 2.95. The fourth-order valence-electron chi connectivity index (χ4n) is 3.51. The number of hydrogen-bond donors (Lipinski definition) is 1. The van der Waals surface area contributed by atoms with Crippen molar-refractivity contribution in [2.24, 2.45) is 0 Å². The number of carbonyl (C=O) groups excluding carboxylic acids is 1. The standard InChI is InChI=1S/C20H15F3N2O3/c1-25(20(27)10-3-2-4-11(21)5-10)17-9-28-8-16-18(17)12-6-14(22)15(23)7-13(12)19(26)24-16/h2-7,17H,8-9H2,1H3,(H,24,26)/t17-/m1/s1. The Kier molecular flexibility index (Phi) is 4.43. The average molecular weight is 388 g/mol. The van der Waals surface area contributed by atoms with Gasteiger partial charge in [-0.25, -0.2) is 13.2 Å². The van der Waals surface area contributed by atoms with Crippen LogP contribution < -0.4 is 5.56 Å². The second-order valence-corrected chi connectivity index (χ2v) is 6.62. The first-order valence-corrected chi connectivity index (χ1v) is 8.51. The number of rotatable bonds is 2. The van der Waals surface area contributed by atoms with Crippen LogP contribution in [0, 0.1) is 17.5 Å². The Morgan fingerprint density at radius 2 is 1.86 bits per heavy atom. The van der Waals surface area contributed by atoms with E-state index in [0.717, 1.165) is 18.2 Å². The molecule has 0 spiro atoms. The number of ether oxygens (including phenoxy) is 1. The fourth-order valence-corrected chi connectivity index (χ4v) is 3.51. The Labute approximate surface area is 157 Å². The van der Waals surface area contributed by atoms with Gasteiger partial charge < -0.3 is 14.6 Å². The van der Waals surface area contributed by atoms with Gasteiger partial charge >= 0.3 is 0 Å². The summed E-state index contributed by atoms with van der Waals surface area (Å²) < 4.78 is 46.5. The van der Waals surface area contributed by atoms with Gasteiger partial charge in [0, 0.05) is 23.9 Å². The highest BCUT2D eigenvalue weighted by atomic mass is 19.2. The maximum Gasteiger partial charge on any atom is 0.256 e. The van der Waals surface area contributed by atoms with Gasteiger partial charge in [0.25, 0.3) is 11.5 Å². The van der Waals surface area contributed by atoms with Crippen LogP contribution in [0.4, 0.5) is 13.2 Å². The Balaban J connectivity index is 1.86. The summed E-state index contributed by atoms with van der Waals surface area (Å²) in [5.41, 5.74) is 0.433. The molecule has 3 aromatic rings. The van der Waals surface area contributed by atoms with Gasteiger partial charge in [-0.1, -0.05) is 6.07 Å². The summed E-state index contributed by atoms with van der Waals surface area (Å²) in [6.45, 7) is 0.155. The monoisotopic (exact) mass is 388 g/mol. The van der Waals surface area contributed by atoms with E-state index in [9.17, 15) is 22.8 Å². The Bertz CT molecular complexity index is 1160. The lowest BCUT2D eigenvalue weighted by Crippen LogP contribution is -2.37. The van der Waals surface area contributed by atoms with Crippen LogP contribution in [0.1, 0.15) is 27.7 Å². The first kappa shape index (κ1) is 18.2. The number of nitrogens with zero attached hydrogens (tertiary/aromatic N) is 1. The quantitative estimate of drug-likeness (QED) is 0.733. The van der Waals surface area contributed by atoms with Crippen molar-refractivity contribution < 1.29 is 22.7 Å². The molecule has 0 unspecified atom stereocenters. The number of aromatic nitrogens is 1. The van der Waals surface area contributed by atoms with Crippen molar-refractivity contribution in [3.63, 3.8) is 0 Å². The van der Waals surface area contributed by atoms with E-state index < -0.39 is 35.0 Å². The highest BCUT2D eigenvalue weighted by molar-refractivity contribution is 5.95. The zero-order chi connectivity index (χ0) is 20.0. The Morgan fingerprint density at radius 3 is 2.57 bits per heavy atom. The molecule has 0 saturated carbocycles. The molecule has 0 radical (unpaired) electrons. The summed E-state index contributed by atoms with van der Waals surface area (Å²) >= 11 is 0. The van der Waals surface area contributed by atoms with Crippen LogP contribution in [0.2, 0.25) is 0 Å². The molecular weight excluding hydrogens is 373 g/mol. The Morgan fingerprint density at radius 1 is 1.14 bits per heavy atom. The van der Waals surface area contributed by atoms with Crippen molar-refractivity contribution in [1.29, 1.82) is 0 Å². The molecule has 28 heavy (non-hydrogen) atoms. The number of carbonyl (C=O) groups is 1. The van der Waals surface area contributed by atoms with Gasteiger partial charge in [-0.05, 0) is 35.7 Å². The molecule has 2 heterocycles. The molecule has 5 nitrogen and oxygen atoms in total. The molecule has 1 atom stereocenters. The molecular formula is C20H15F3N2O3. The number of aromatic amines is 1. The smallest absolute Gasteiger partial charge is 0.256 e. The van der Waals surface area contributed by atoms with Crippen molar-refractivity contribution in [3.8, 4) is 0 Å². The van der Waals surface area contributed by atoms with Crippen molar-refractivity contribution in [3.05, 3.63) is 81.0 Å². The van der Waals surface area contributed by atoms with Gasteiger partial charge in [-0.2, -0.15) is 0 Å². The first-order chi connectivity index (χ1) is 13.4. The summed E-state index contributed by atoms with van der Waals surface area (Å²) in [5.74, 6) is -3.25. The molecule has 1 aliphatic heterocycles. The third-order valence-electron chi connectivity index (χ3n) is 4.90. The largest absolute Gasteiger partial charge is 0.373 e. The van der Waals surface area contributed by atoms with Crippen LogP contribution in [0.3, 0.4) is 0 Å². The molecule has 1 aromatic heterocycles. The second-order valence-electron chi connectivity index (χ2n) is 6.62. The van der Waals surface area contributed by atoms with Crippen molar-refractivity contribution in [1.82, 2.24) is 9.88 Å². The zero-order valence-electron chi connectivity index (χ0n) is 14.8. The molecule has 0 fully saturated rings. The highest BCUT2D eigenvalue weighted by Gasteiger charge is 2.31. The van der Waals surface area contributed by atoms with Gasteiger partial charge in [0.2, 0.25) is 0 Å². The normalized spacial score (nSPS) is 16.1. The van der Waals surface area contributed by atoms with E-state index in [4.69, 9.17) is 4.74 Å². The minimum absolute atomic E-state index is 0.0174. The van der Waals surface area contributed by atoms with Gasteiger partial charge in [0.15, 0.2) is 11.6 Å². The van der Waals surface area contributed by atoms with E-state index >= 15 is 0 Å². The van der Waals surface area contributed by atoms with Crippen LogP contribution in [0.5, 0.6) is 0 Å². The summed E-state index contributed by atoms with van der Waals surface area (Å²) in [7, 11) is 1.51. The first-order valence-electron chi connectivity index (χ1n) is 8.51. The molecule has 1 amide bonds. The van der Waals surface area contributed by atoms with Crippen molar-refractivity contribution in [2.45, 2.75) is 12.6 Å². The highest BCUT2D eigenvalue weighted by Crippen LogP contribution is 2.34. The number of amides is 1. The van der Waals surface area contributed by atoms with Crippen molar-refractivity contribution in [2.75, 3.05) is 13.7 Å². The van der Waals surface area contributed by atoms with E-state index in [1.807, 2.05) is 0 Å². The number of pyridine rings is 1. The lowest BCUT2D eigenvalue weighted by atomic mass is 9.95. The predicted octanol–water partition coefficient (Wildman–Crippen LogP) is 3.29. The van der Waals surface area contributed by atoms with E-state index in [2.05, 4.69) is 4.98 Å². The maximum atomic E-state index is 13.9. The van der Waals surface area contributed by atoms with E-state index in [-0.39, 0.29) is 29.5 Å². The molecule has 144 valence electrons. The molecule has 2 aromatic carbocycles. The van der Waals surface area contributed by atoms with Crippen LogP contribution in [0.15, 0.2) is 41.2 Å². The number of benzene rings is 2. The second kappa shape index (κ2) is 6.79. The SMILES string of the molecule is CN(C(=O)c1cccc(F)c1)[C@@H]1COCc2[nH]c(=O)c3cc(F)c(F)cc3c21. The maximum absolute atomic E-state index is 13.9. The summed E-state index contributed by atoms with van der Waals surface area (Å²) in [6, 6.07) is 6.36.